The predicted octanol–water partition coefficient (Wildman–Crippen LogP) is 2.55. The fraction of sp³-hybridized carbons (Fsp3) is 0.278. The number of carbonyl (C=O) groups is 2. The number of fused-ring (bicyclic) bond motifs is 1. The summed E-state index contributed by atoms with van der Waals surface area (Å²) in [4.78, 5) is 38.3. The molecular formula is C18H17BrN2O4. The van der Waals surface area contributed by atoms with Gasteiger partial charge in [-0.15, -0.1) is 0 Å². The van der Waals surface area contributed by atoms with E-state index in [2.05, 4.69) is 15.9 Å². The molecule has 7 heteroatoms. The van der Waals surface area contributed by atoms with Gasteiger partial charge in [-0.05, 0) is 59.6 Å². The summed E-state index contributed by atoms with van der Waals surface area (Å²) in [5.74, 6) is 0.225. The monoisotopic (exact) mass is 404 g/mol. The summed E-state index contributed by atoms with van der Waals surface area (Å²) in [6.07, 6.45) is 1.65. The summed E-state index contributed by atoms with van der Waals surface area (Å²) in [7, 11) is 0. The van der Waals surface area contributed by atoms with Crippen molar-refractivity contribution >= 4 is 33.3 Å². The standard InChI is InChI=1S/C18H17BrN2O4/c1-3-21-14-7-12(4-5-16(14)25-10-17(21)23)15(22)9-20-8-11(2)6-13(19)18(20)24/h4-8H,3,9-10H2,1-2H3. The number of likely N-dealkylation sites (N-methyl/N-ethyl adjacent to an activating group) is 1. The molecule has 1 aliphatic rings. The summed E-state index contributed by atoms with van der Waals surface area (Å²) in [5, 5.41) is 0. The van der Waals surface area contributed by atoms with E-state index in [1.807, 2.05) is 13.8 Å². The largest absolute Gasteiger partial charge is 0.482 e. The molecule has 25 heavy (non-hydrogen) atoms. The van der Waals surface area contributed by atoms with E-state index in [1.165, 1.54) is 4.57 Å². The zero-order valence-corrected chi connectivity index (χ0v) is 15.5. The van der Waals surface area contributed by atoms with Crippen molar-refractivity contribution in [3.63, 3.8) is 0 Å². The van der Waals surface area contributed by atoms with Gasteiger partial charge < -0.3 is 14.2 Å². The number of hydrogen-bond donors (Lipinski definition) is 0. The maximum absolute atomic E-state index is 12.6. The number of Topliss-reactive ketones (excluding diaryl/α,β-unsaturated/α-hetero) is 1. The van der Waals surface area contributed by atoms with Gasteiger partial charge in [-0.25, -0.2) is 0 Å². The number of aromatic nitrogens is 1. The minimum atomic E-state index is -0.259. The molecule has 1 aliphatic heterocycles. The normalized spacial score (nSPS) is 13.4. The van der Waals surface area contributed by atoms with Gasteiger partial charge in [0.15, 0.2) is 12.4 Å². The van der Waals surface area contributed by atoms with Crippen LogP contribution in [-0.4, -0.2) is 29.4 Å². The number of anilines is 1. The number of ether oxygens (including phenoxy) is 1. The Morgan fingerprint density at radius 2 is 2.04 bits per heavy atom. The first-order valence-corrected chi connectivity index (χ1v) is 8.67. The van der Waals surface area contributed by atoms with Crippen LogP contribution in [0.3, 0.4) is 0 Å². The van der Waals surface area contributed by atoms with Crippen molar-refractivity contribution in [3.05, 3.63) is 56.4 Å². The molecule has 0 N–H and O–H groups in total. The maximum atomic E-state index is 12.6. The molecule has 130 valence electrons. The first-order valence-electron chi connectivity index (χ1n) is 7.87. The smallest absolute Gasteiger partial charge is 0.265 e. The average molecular weight is 405 g/mol. The molecule has 0 bridgehead atoms. The second kappa shape index (κ2) is 6.84. The van der Waals surface area contributed by atoms with Gasteiger partial charge >= 0.3 is 0 Å². The third-order valence-corrected chi connectivity index (χ3v) is 4.60. The Labute approximate surface area is 153 Å². The van der Waals surface area contributed by atoms with Gasteiger partial charge in [0.25, 0.3) is 11.5 Å². The number of hydrogen-bond acceptors (Lipinski definition) is 4. The Bertz CT molecular complexity index is 920. The number of rotatable bonds is 4. The van der Waals surface area contributed by atoms with Crippen LogP contribution in [-0.2, 0) is 11.3 Å². The van der Waals surface area contributed by atoms with Gasteiger partial charge in [-0.2, -0.15) is 0 Å². The predicted molar refractivity (Wildman–Crippen MR) is 97.4 cm³/mol. The molecular weight excluding hydrogens is 388 g/mol. The molecule has 2 heterocycles. The lowest BCUT2D eigenvalue weighted by Crippen LogP contribution is -2.38. The Morgan fingerprint density at radius 3 is 2.76 bits per heavy atom. The van der Waals surface area contributed by atoms with Gasteiger partial charge in [0.2, 0.25) is 0 Å². The first kappa shape index (κ1) is 17.4. The molecule has 6 nitrogen and oxygen atoms in total. The summed E-state index contributed by atoms with van der Waals surface area (Å²) in [6, 6.07) is 6.70. The van der Waals surface area contributed by atoms with E-state index in [4.69, 9.17) is 4.74 Å². The van der Waals surface area contributed by atoms with Crippen LogP contribution in [0.1, 0.15) is 22.8 Å². The van der Waals surface area contributed by atoms with E-state index < -0.39 is 0 Å². The molecule has 0 saturated carbocycles. The second-order valence-corrected chi connectivity index (χ2v) is 6.69. The molecule has 0 fully saturated rings. The fourth-order valence-corrected chi connectivity index (χ4v) is 3.42. The maximum Gasteiger partial charge on any atom is 0.265 e. The highest BCUT2D eigenvalue weighted by Crippen LogP contribution is 2.33. The molecule has 1 aromatic heterocycles. The molecule has 0 unspecified atom stereocenters. The lowest BCUT2D eigenvalue weighted by molar-refractivity contribution is -0.121. The number of carbonyl (C=O) groups excluding carboxylic acids is 2. The topological polar surface area (TPSA) is 68.6 Å². The lowest BCUT2D eigenvalue weighted by atomic mass is 10.1. The number of halogens is 1. The third kappa shape index (κ3) is 3.37. The molecule has 2 aromatic rings. The molecule has 0 aliphatic carbocycles. The summed E-state index contributed by atoms with van der Waals surface area (Å²) in [6.45, 7) is 4.15. The van der Waals surface area contributed by atoms with Crippen molar-refractivity contribution < 1.29 is 14.3 Å². The van der Waals surface area contributed by atoms with Crippen LogP contribution in [0, 0.1) is 6.92 Å². The van der Waals surface area contributed by atoms with Crippen molar-refractivity contribution in [2.24, 2.45) is 0 Å². The van der Waals surface area contributed by atoms with Gasteiger partial charge in [0.05, 0.1) is 16.7 Å². The molecule has 1 aromatic carbocycles. The highest BCUT2D eigenvalue weighted by molar-refractivity contribution is 9.10. The van der Waals surface area contributed by atoms with Crippen LogP contribution >= 0.6 is 15.9 Å². The Morgan fingerprint density at radius 1 is 1.28 bits per heavy atom. The minimum absolute atomic E-state index is 0.000839. The lowest BCUT2D eigenvalue weighted by Gasteiger charge is -2.28. The highest BCUT2D eigenvalue weighted by atomic mass is 79.9. The molecule has 0 spiro atoms. The van der Waals surface area contributed by atoms with Gasteiger partial charge in [-0.3, -0.25) is 14.4 Å². The number of benzene rings is 1. The second-order valence-electron chi connectivity index (χ2n) is 5.83. The van der Waals surface area contributed by atoms with Crippen molar-refractivity contribution in [2.75, 3.05) is 18.1 Å². The van der Waals surface area contributed by atoms with Gasteiger partial charge in [-0.1, -0.05) is 0 Å². The zero-order valence-electron chi connectivity index (χ0n) is 13.9. The van der Waals surface area contributed by atoms with Crippen LogP contribution in [0.2, 0.25) is 0 Å². The van der Waals surface area contributed by atoms with E-state index in [1.54, 1.807) is 35.4 Å². The summed E-state index contributed by atoms with van der Waals surface area (Å²) in [5.41, 5.74) is 1.63. The zero-order chi connectivity index (χ0) is 18.1. The number of aryl methyl sites for hydroxylation is 1. The van der Waals surface area contributed by atoms with Crippen LogP contribution < -0.4 is 15.2 Å². The molecule has 1 amide bonds. The van der Waals surface area contributed by atoms with Crippen molar-refractivity contribution in [1.82, 2.24) is 4.57 Å². The SMILES string of the molecule is CCN1C(=O)COc2ccc(C(=O)Cn3cc(C)cc(Br)c3=O)cc21. The average Bonchev–Trinajstić information content (AvgIpc) is 2.58. The van der Waals surface area contributed by atoms with Crippen LogP contribution in [0.5, 0.6) is 5.75 Å². The molecule has 0 saturated heterocycles. The van der Waals surface area contributed by atoms with Crippen molar-refractivity contribution in [1.29, 1.82) is 0 Å². The summed E-state index contributed by atoms with van der Waals surface area (Å²) >= 11 is 3.21. The van der Waals surface area contributed by atoms with E-state index >= 15 is 0 Å². The Balaban J connectivity index is 1.93. The summed E-state index contributed by atoms with van der Waals surface area (Å²) < 4.78 is 7.20. The quantitative estimate of drug-likeness (QED) is 0.734. The number of ketones is 1. The van der Waals surface area contributed by atoms with E-state index in [9.17, 15) is 14.4 Å². The molecule has 0 atom stereocenters. The molecule has 3 rings (SSSR count). The molecule has 0 radical (unpaired) electrons. The van der Waals surface area contributed by atoms with Crippen LogP contribution in [0.4, 0.5) is 5.69 Å². The van der Waals surface area contributed by atoms with Crippen molar-refractivity contribution in [3.8, 4) is 5.75 Å². The number of nitrogens with zero attached hydrogens (tertiary/aromatic N) is 2. The van der Waals surface area contributed by atoms with Crippen molar-refractivity contribution in [2.45, 2.75) is 20.4 Å². The highest BCUT2D eigenvalue weighted by Gasteiger charge is 2.25. The van der Waals surface area contributed by atoms with Crippen LogP contribution in [0.15, 0.2) is 39.7 Å². The first-order chi connectivity index (χ1) is 11.9. The number of amides is 1. The third-order valence-electron chi connectivity index (χ3n) is 4.03. The van der Waals surface area contributed by atoms with E-state index in [-0.39, 0.29) is 30.4 Å². The Kier molecular flexibility index (Phi) is 4.76. The van der Waals surface area contributed by atoms with E-state index in [0.717, 1.165) is 5.56 Å². The van der Waals surface area contributed by atoms with Gasteiger partial charge in [0, 0.05) is 18.3 Å². The van der Waals surface area contributed by atoms with Crippen LogP contribution in [0.25, 0.3) is 0 Å². The van der Waals surface area contributed by atoms with Gasteiger partial charge in [0.1, 0.15) is 5.75 Å². The fourth-order valence-electron chi connectivity index (χ4n) is 2.83. The van der Waals surface area contributed by atoms with E-state index in [0.29, 0.717) is 28.0 Å². The Hall–Kier alpha value is -2.41. The minimum Gasteiger partial charge on any atom is -0.482 e. The number of pyridine rings is 1.